The molecule has 0 aliphatic carbocycles. The van der Waals surface area contributed by atoms with Crippen molar-refractivity contribution < 1.29 is 4.74 Å². The number of anilines is 3. The van der Waals surface area contributed by atoms with E-state index in [4.69, 9.17) is 19.8 Å². The van der Waals surface area contributed by atoms with Crippen LogP contribution in [0.5, 0.6) is 0 Å². The number of hydrazone groups is 1. The van der Waals surface area contributed by atoms with E-state index in [1.165, 1.54) is 6.42 Å². The van der Waals surface area contributed by atoms with Gasteiger partial charge in [-0.3, -0.25) is 9.69 Å². The highest BCUT2D eigenvalue weighted by Gasteiger charge is 2.34. The van der Waals surface area contributed by atoms with Gasteiger partial charge in [-0.1, -0.05) is 0 Å². The fraction of sp³-hybridized carbons (Fsp3) is 0.522. The molecule has 4 bridgehead atoms. The summed E-state index contributed by atoms with van der Waals surface area (Å²) in [5, 5.41) is 16.0. The molecule has 1 fully saturated rings. The maximum absolute atomic E-state index is 6.33. The van der Waals surface area contributed by atoms with Crippen molar-refractivity contribution in [3.05, 3.63) is 30.4 Å². The molecule has 0 amide bonds. The molecule has 0 aromatic carbocycles. The second-order valence-corrected chi connectivity index (χ2v) is 8.92. The molecule has 1 N–H and O–H groups in total. The molecule has 10 nitrogen and oxygen atoms in total. The zero-order valence-electron chi connectivity index (χ0n) is 19.1. The van der Waals surface area contributed by atoms with E-state index in [2.05, 4.69) is 44.9 Å². The molecular weight excluding hydrogens is 418 g/mol. The molecule has 6 heterocycles. The first-order valence-corrected chi connectivity index (χ1v) is 11.9. The van der Waals surface area contributed by atoms with Crippen LogP contribution in [0.15, 0.2) is 29.6 Å². The fourth-order valence-corrected chi connectivity index (χ4v) is 4.75. The molecule has 1 saturated heterocycles. The van der Waals surface area contributed by atoms with Crippen LogP contribution in [0.2, 0.25) is 0 Å². The Labute approximate surface area is 192 Å². The van der Waals surface area contributed by atoms with Gasteiger partial charge >= 0.3 is 0 Å². The number of pyridine rings is 1. The molecule has 33 heavy (non-hydrogen) atoms. The number of likely N-dealkylation sites (N-methyl/N-ethyl adjacent to an activating group) is 1. The first-order valence-electron chi connectivity index (χ1n) is 11.9. The van der Waals surface area contributed by atoms with E-state index in [0.29, 0.717) is 18.2 Å². The molecule has 3 aromatic heterocycles. The lowest BCUT2D eigenvalue weighted by atomic mass is 10.1. The van der Waals surface area contributed by atoms with Gasteiger partial charge in [0.1, 0.15) is 23.4 Å². The van der Waals surface area contributed by atoms with Crippen LogP contribution >= 0.6 is 0 Å². The Hall–Kier alpha value is -3.27. The maximum atomic E-state index is 6.33. The lowest BCUT2D eigenvalue weighted by Gasteiger charge is -2.31. The van der Waals surface area contributed by atoms with Crippen molar-refractivity contribution in [3.63, 3.8) is 0 Å². The zero-order valence-corrected chi connectivity index (χ0v) is 19.1. The number of fused-ring (bicyclic) bond motifs is 5. The SMILES string of the molecule is CCN1N=CC2c3nccc(n3)Nc3cc4c(cn3)c(N3CCC3)nn4C(C)CCCOC21. The summed E-state index contributed by atoms with van der Waals surface area (Å²) in [6, 6.07) is 4.18. The predicted molar refractivity (Wildman–Crippen MR) is 127 cm³/mol. The minimum atomic E-state index is -0.195. The zero-order chi connectivity index (χ0) is 22.4. The van der Waals surface area contributed by atoms with Crippen molar-refractivity contribution in [2.75, 3.05) is 36.5 Å². The molecular formula is C23H29N9O. The van der Waals surface area contributed by atoms with E-state index in [-0.39, 0.29) is 18.2 Å². The van der Waals surface area contributed by atoms with Crippen molar-refractivity contribution in [3.8, 4) is 0 Å². The van der Waals surface area contributed by atoms with E-state index in [9.17, 15) is 0 Å². The first kappa shape index (κ1) is 20.3. The fourth-order valence-electron chi connectivity index (χ4n) is 4.75. The molecule has 172 valence electrons. The van der Waals surface area contributed by atoms with Gasteiger partial charge in [0.2, 0.25) is 0 Å². The maximum Gasteiger partial charge on any atom is 0.160 e. The van der Waals surface area contributed by atoms with Crippen molar-refractivity contribution in [2.45, 2.75) is 51.3 Å². The Bertz CT molecular complexity index is 1190. The molecule has 3 aliphatic rings. The van der Waals surface area contributed by atoms with Crippen LogP contribution in [0.4, 0.5) is 17.5 Å². The first-order chi connectivity index (χ1) is 16.2. The van der Waals surface area contributed by atoms with Crippen LogP contribution in [0.1, 0.15) is 50.9 Å². The highest BCUT2D eigenvalue weighted by molar-refractivity contribution is 5.92. The Balaban J connectivity index is 1.41. The van der Waals surface area contributed by atoms with Crippen molar-refractivity contribution in [1.29, 1.82) is 0 Å². The average Bonchev–Trinajstić information content (AvgIpc) is 3.36. The van der Waals surface area contributed by atoms with E-state index in [0.717, 1.165) is 55.0 Å². The summed E-state index contributed by atoms with van der Waals surface area (Å²) in [6.45, 7) is 7.83. The van der Waals surface area contributed by atoms with Gasteiger partial charge in [0, 0.05) is 57.0 Å². The third kappa shape index (κ3) is 3.58. The standard InChI is InChI=1S/C23H29N9O/c1-3-31-23-17(14-26-31)21-24-8-7-19(28-21)27-20-12-18-16(13-25-20)22(30-9-5-10-30)29-32(18)15(2)6-4-11-33-23/h7-8,12-15,17,23H,3-6,9-11H2,1-2H3,(H,24,25,27,28). The summed E-state index contributed by atoms with van der Waals surface area (Å²) in [4.78, 5) is 16.3. The number of nitrogens with one attached hydrogen (secondary N) is 1. The van der Waals surface area contributed by atoms with Crippen LogP contribution < -0.4 is 10.2 Å². The molecule has 3 aliphatic heterocycles. The van der Waals surface area contributed by atoms with Gasteiger partial charge in [0.15, 0.2) is 12.0 Å². The monoisotopic (exact) mass is 447 g/mol. The van der Waals surface area contributed by atoms with Gasteiger partial charge in [-0.25, -0.2) is 15.0 Å². The number of nitrogens with zero attached hydrogens (tertiary/aromatic N) is 8. The summed E-state index contributed by atoms with van der Waals surface area (Å²) in [5.41, 5.74) is 1.09. The number of ether oxygens (including phenoxy) is 1. The number of hydrogen-bond acceptors (Lipinski definition) is 9. The number of hydrogen-bond donors (Lipinski definition) is 1. The van der Waals surface area contributed by atoms with Gasteiger partial charge in [0.05, 0.1) is 10.9 Å². The van der Waals surface area contributed by atoms with Gasteiger partial charge < -0.3 is 15.0 Å². The van der Waals surface area contributed by atoms with Crippen molar-refractivity contribution in [1.82, 2.24) is 29.7 Å². The normalized spacial score (nSPS) is 24.8. The topological polar surface area (TPSA) is 96.6 Å². The molecule has 0 saturated carbocycles. The Kier molecular flexibility index (Phi) is 5.09. The summed E-state index contributed by atoms with van der Waals surface area (Å²) < 4.78 is 8.48. The van der Waals surface area contributed by atoms with Gasteiger partial charge in [0.25, 0.3) is 0 Å². The van der Waals surface area contributed by atoms with E-state index < -0.39 is 0 Å². The predicted octanol–water partition coefficient (Wildman–Crippen LogP) is 3.28. The second kappa shape index (κ2) is 8.26. The third-order valence-electron chi connectivity index (χ3n) is 6.73. The van der Waals surface area contributed by atoms with Crippen molar-refractivity contribution in [2.24, 2.45) is 5.10 Å². The summed E-state index contributed by atoms with van der Waals surface area (Å²) in [5.74, 6) is 3.06. The van der Waals surface area contributed by atoms with Crippen LogP contribution in [0.25, 0.3) is 10.9 Å². The molecule has 0 radical (unpaired) electrons. The lowest BCUT2D eigenvalue weighted by Crippen LogP contribution is -2.37. The molecule has 6 rings (SSSR count). The largest absolute Gasteiger partial charge is 0.356 e. The number of rotatable bonds is 2. The smallest absolute Gasteiger partial charge is 0.160 e. The lowest BCUT2D eigenvalue weighted by molar-refractivity contribution is -0.0530. The second-order valence-electron chi connectivity index (χ2n) is 8.92. The van der Waals surface area contributed by atoms with Gasteiger partial charge in [-0.2, -0.15) is 10.2 Å². The van der Waals surface area contributed by atoms with E-state index >= 15 is 0 Å². The molecule has 3 atom stereocenters. The quantitative estimate of drug-likeness (QED) is 0.639. The summed E-state index contributed by atoms with van der Waals surface area (Å²) >= 11 is 0. The van der Waals surface area contributed by atoms with Crippen LogP contribution in [0.3, 0.4) is 0 Å². The average molecular weight is 448 g/mol. The van der Waals surface area contributed by atoms with Crippen molar-refractivity contribution >= 4 is 34.6 Å². The van der Waals surface area contributed by atoms with Gasteiger partial charge in [-0.15, -0.1) is 0 Å². The molecule has 3 unspecified atom stereocenters. The highest BCUT2D eigenvalue weighted by Crippen LogP contribution is 2.34. The third-order valence-corrected chi connectivity index (χ3v) is 6.73. The summed E-state index contributed by atoms with van der Waals surface area (Å²) in [6.07, 6.45) is 8.52. The van der Waals surface area contributed by atoms with Crippen LogP contribution in [-0.4, -0.2) is 68.4 Å². The van der Waals surface area contributed by atoms with E-state index in [1.807, 2.05) is 23.5 Å². The van der Waals surface area contributed by atoms with Gasteiger partial charge in [-0.05, 0) is 39.2 Å². The highest BCUT2D eigenvalue weighted by atomic mass is 16.5. The molecule has 10 heteroatoms. The van der Waals surface area contributed by atoms with Crippen LogP contribution in [0, 0.1) is 0 Å². The minimum absolute atomic E-state index is 0.112. The van der Waals surface area contributed by atoms with Crippen LogP contribution in [-0.2, 0) is 4.74 Å². The Morgan fingerprint density at radius 3 is 2.91 bits per heavy atom. The Morgan fingerprint density at radius 1 is 1.18 bits per heavy atom. The van der Waals surface area contributed by atoms with E-state index in [1.54, 1.807) is 6.20 Å². The Morgan fingerprint density at radius 2 is 2.09 bits per heavy atom. The molecule has 0 spiro atoms. The molecule has 3 aromatic rings. The summed E-state index contributed by atoms with van der Waals surface area (Å²) in [7, 11) is 0. The minimum Gasteiger partial charge on any atom is -0.356 e. The number of aromatic nitrogens is 5.